The Bertz CT molecular complexity index is 613. The van der Waals surface area contributed by atoms with Gasteiger partial charge in [0.15, 0.2) is 0 Å². The van der Waals surface area contributed by atoms with Gasteiger partial charge in [-0.05, 0) is 25.3 Å². The highest BCUT2D eigenvalue weighted by Gasteiger charge is 2.25. The number of nitrogens with zero attached hydrogens (tertiary/aromatic N) is 2. The summed E-state index contributed by atoms with van der Waals surface area (Å²) in [6, 6.07) is 2.23. The molecule has 22 heavy (non-hydrogen) atoms. The maximum atomic E-state index is 12.1. The first-order valence-corrected chi connectivity index (χ1v) is 7.35. The van der Waals surface area contributed by atoms with Crippen molar-refractivity contribution in [2.24, 2.45) is 11.7 Å². The summed E-state index contributed by atoms with van der Waals surface area (Å²) in [5.74, 6) is -0.0764. The van der Waals surface area contributed by atoms with Crippen molar-refractivity contribution in [2.75, 3.05) is 6.54 Å². The Morgan fingerprint density at radius 2 is 2.14 bits per heavy atom. The van der Waals surface area contributed by atoms with Gasteiger partial charge in [-0.3, -0.25) is 24.3 Å². The molecule has 1 aromatic heterocycles. The predicted octanol–water partition coefficient (Wildman–Crippen LogP) is 0.390. The third-order valence-corrected chi connectivity index (χ3v) is 4.05. The molecule has 1 amide bonds. The number of amides is 1. The molecule has 0 aliphatic heterocycles. The zero-order valence-corrected chi connectivity index (χ0v) is 12.2. The molecule has 1 aliphatic carbocycles. The van der Waals surface area contributed by atoms with E-state index in [9.17, 15) is 19.7 Å². The minimum absolute atomic E-state index is 0.0145. The van der Waals surface area contributed by atoms with Crippen LogP contribution in [0.15, 0.2) is 23.1 Å². The average molecular weight is 308 g/mol. The van der Waals surface area contributed by atoms with Gasteiger partial charge in [-0.15, -0.1) is 0 Å². The fourth-order valence-corrected chi connectivity index (χ4v) is 2.84. The molecule has 2 rings (SSSR count). The average Bonchev–Trinajstić information content (AvgIpc) is 2.49. The fraction of sp³-hybridized carbons (Fsp3) is 0.571. The Morgan fingerprint density at radius 3 is 2.82 bits per heavy atom. The Labute approximate surface area is 127 Å². The van der Waals surface area contributed by atoms with Gasteiger partial charge in [-0.1, -0.05) is 12.8 Å². The van der Waals surface area contributed by atoms with Crippen LogP contribution in [0, 0.1) is 16.0 Å². The first kappa shape index (κ1) is 16.2. The normalized spacial score (nSPS) is 21.3. The lowest BCUT2D eigenvalue weighted by Crippen LogP contribution is -2.46. The van der Waals surface area contributed by atoms with Gasteiger partial charge in [-0.25, -0.2) is 0 Å². The van der Waals surface area contributed by atoms with Crippen molar-refractivity contribution in [2.45, 2.75) is 38.3 Å². The second-order valence-electron chi connectivity index (χ2n) is 5.56. The van der Waals surface area contributed by atoms with Crippen LogP contribution in [-0.4, -0.2) is 28.0 Å². The van der Waals surface area contributed by atoms with E-state index in [0.717, 1.165) is 48.6 Å². The van der Waals surface area contributed by atoms with Crippen LogP contribution in [0.1, 0.15) is 25.7 Å². The number of carbonyl (C=O) groups is 1. The largest absolute Gasteiger partial charge is 0.351 e. The summed E-state index contributed by atoms with van der Waals surface area (Å²) in [5, 5.41) is 13.6. The number of rotatable bonds is 5. The molecule has 1 saturated carbocycles. The second kappa shape index (κ2) is 7.17. The minimum Gasteiger partial charge on any atom is -0.351 e. The zero-order valence-electron chi connectivity index (χ0n) is 12.2. The molecule has 0 radical (unpaired) electrons. The lowest BCUT2D eigenvalue weighted by Gasteiger charge is -2.31. The molecule has 2 unspecified atom stereocenters. The van der Waals surface area contributed by atoms with Gasteiger partial charge >= 0.3 is 0 Å². The number of hydrogen-bond donors (Lipinski definition) is 2. The fourth-order valence-electron chi connectivity index (χ4n) is 2.84. The van der Waals surface area contributed by atoms with Crippen LogP contribution < -0.4 is 16.6 Å². The first-order valence-electron chi connectivity index (χ1n) is 7.35. The minimum atomic E-state index is -0.598. The third-order valence-electron chi connectivity index (χ3n) is 4.05. The molecule has 1 aliphatic rings. The second-order valence-corrected chi connectivity index (χ2v) is 5.56. The monoisotopic (exact) mass is 308 g/mol. The maximum absolute atomic E-state index is 12.1. The maximum Gasteiger partial charge on any atom is 0.285 e. The summed E-state index contributed by atoms with van der Waals surface area (Å²) in [7, 11) is 0. The van der Waals surface area contributed by atoms with Crippen molar-refractivity contribution in [1.29, 1.82) is 0 Å². The molecule has 2 atom stereocenters. The van der Waals surface area contributed by atoms with E-state index >= 15 is 0 Å². The number of carbonyl (C=O) groups excluding carboxylic acids is 1. The molecule has 3 N–H and O–H groups in total. The quantitative estimate of drug-likeness (QED) is 0.602. The highest BCUT2D eigenvalue weighted by molar-refractivity contribution is 5.76. The lowest BCUT2D eigenvalue weighted by atomic mass is 9.84. The van der Waals surface area contributed by atoms with E-state index in [2.05, 4.69) is 5.32 Å². The van der Waals surface area contributed by atoms with Crippen molar-refractivity contribution < 1.29 is 9.72 Å². The van der Waals surface area contributed by atoms with Crippen LogP contribution in [0.4, 0.5) is 5.69 Å². The molecule has 0 bridgehead atoms. The highest BCUT2D eigenvalue weighted by atomic mass is 16.6. The van der Waals surface area contributed by atoms with Crippen LogP contribution in [0.2, 0.25) is 0 Å². The number of aromatic nitrogens is 1. The highest BCUT2D eigenvalue weighted by Crippen LogP contribution is 2.23. The SMILES string of the molecule is NCC1CCCCC1NC(=O)Cn1cc([N+](=O)[O-])ccc1=O. The summed E-state index contributed by atoms with van der Waals surface area (Å²) in [6.45, 7) is 0.288. The summed E-state index contributed by atoms with van der Waals surface area (Å²) < 4.78 is 1.05. The summed E-state index contributed by atoms with van der Waals surface area (Å²) in [6.07, 6.45) is 5.09. The smallest absolute Gasteiger partial charge is 0.285 e. The van der Waals surface area contributed by atoms with Crippen LogP contribution in [0.5, 0.6) is 0 Å². The van der Waals surface area contributed by atoms with E-state index in [1.54, 1.807) is 0 Å². The number of nitro groups is 1. The van der Waals surface area contributed by atoms with E-state index in [0.29, 0.717) is 6.54 Å². The number of nitrogens with one attached hydrogen (secondary N) is 1. The number of nitrogens with two attached hydrogens (primary N) is 1. The Morgan fingerprint density at radius 1 is 1.41 bits per heavy atom. The van der Waals surface area contributed by atoms with Gasteiger partial charge in [0, 0.05) is 18.2 Å². The van der Waals surface area contributed by atoms with Crippen LogP contribution in [-0.2, 0) is 11.3 Å². The molecule has 0 aromatic carbocycles. The third kappa shape index (κ3) is 3.91. The van der Waals surface area contributed by atoms with Crippen LogP contribution in [0.3, 0.4) is 0 Å². The number of pyridine rings is 1. The van der Waals surface area contributed by atoms with Crippen molar-refractivity contribution >= 4 is 11.6 Å². The van der Waals surface area contributed by atoms with E-state index < -0.39 is 10.5 Å². The van der Waals surface area contributed by atoms with Crippen molar-refractivity contribution in [3.8, 4) is 0 Å². The predicted molar refractivity (Wildman–Crippen MR) is 80.3 cm³/mol. The van der Waals surface area contributed by atoms with Gasteiger partial charge in [0.05, 0.1) is 11.1 Å². The van der Waals surface area contributed by atoms with Crippen LogP contribution in [0.25, 0.3) is 0 Å². The van der Waals surface area contributed by atoms with Gasteiger partial charge in [0.25, 0.3) is 11.2 Å². The van der Waals surface area contributed by atoms with Gasteiger partial charge in [0.1, 0.15) is 6.54 Å². The molecule has 120 valence electrons. The van der Waals surface area contributed by atoms with Crippen molar-refractivity contribution in [3.05, 3.63) is 38.8 Å². The van der Waals surface area contributed by atoms with Gasteiger partial charge < -0.3 is 11.1 Å². The van der Waals surface area contributed by atoms with Crippen LogP contribution >= 0.6 is 0 Å². The molecular weight excluding hydrogens is 288 g/mol. The summed E-state index contributed by atoms with van der Waals surface area (Å²) >= 11 is 0. The van der Waals surface area contributed by atoms with Crippen molar-refractivity contribution in [3.63, 3.8) is 0 Å². The van der Waals surface area contributed by atoms with E-state index in [-0.39, 0.29) is 30.1 Å². The molecule has 8 heteroatoms. The molecule has 8 nitrogen and oxygen atoms in total. The standard InChI is InChI=1S/C14H20N4O4/c15-7-10-3-1-2-4-12(10)16-13(19)9-17-8-11(18(21)22)5-6-14(17)20/h5-6,8,10,12H,1-4,7,9,15H2,(H,16,19). The lowest BCUT2D eigenvalue weighted by molar-refractivity contribution is -0.385. The molecule has 1 fully saturated rings. The van der Waals surface area contributed by atoms with Crippen molar-refractivity contribution in [1.82, 2.24) is 9.88 Å². The molecule has 1 heterocycles. The van der Waals surface area contributed by atoms with E-state index in [4.69, 9.17) is 5.73 Å². The Balaban J connectivity index is 2.04. The van der Waals surface area contributed by atoms with Gasteiger partial charge in [0.2, 0.25) is 5.91 Å². The van der Waals surface area contributed by atoms with Gasteiger partial charge in [-0.2, -0.15) is 0 Å². The molecule has 0 saturated heterocycles. The number of hydrogen-bond acceptors (Lipinski definition) is 5. The summed E-state index contributed by atoms with van der Waals surface area (Å²) in [4.78, 5) is 33.9. The Hall–Kier alpha value is -2.22. The molecule has 0 spiro atoms. The van der Waals surface area contributed by atoms with E-state index in [1.807, 2.05) is 0 Å². The Kier molecular flexibility index (Phi) is 5.26. The first-order chi connectivity index (χ1) is 10.5. The molecule has 1 aromatic rings. The topological polar surface area (TPSA) is 120 Å². The summed E-state index contributed by atoms with van der Waals surface area (Å²) in [5.41, 5.74) is 5.06. The van der Waals surface area contributed by atoms with E-state index in [1.165, 1.54) is 0 Å². The zero-order chi connectivity index (χ0) is 16.1. The molecular formula is C14H20N4O4.